The average molecular weight is 379 g/mol. The van der Waals surface area contributed by atoms with Gasteiger partial charge in [0.25, 0.3) is 0 Å². The maximum absolute atomic E-state index is 11.4. The van der Waals surface area contributed by atoms with Crippen molar-refractivity contribution in [3.63, 3.8) is 0 Å². The lowest BCUT2D eigenvalue weighted by Gasteiger charge is -2.59. The zero-order chi connectivity index (χ0) is 19.9. The van der Waals surface area contributed by atoms with Crippen LogP contribution in [0.15, 0.2) is 29.9 Å². The Bertz CT molecular complexity index is 821. The Morgan fingerprint density at radius 2 is 1.64 bits per heavy atom. The zero-order valence-corrected chi connectivity index (χ0v) is 16.9. The van der Waals surface area contributed by atoms with E-state index in [0.717, 1.165) is 44.9 Å². The van der Waals surface area contributed by atoms with Gasteiger partial charge in [-0.25, -0.2) is 14.4 Å². The Hall–Kier alpha value is -1.91. The van der Waals surface area contributed by atoms with Crippen LogP contribution in [0.3, 0.4) is 0 Å². The Labute approximate surface area is 167 Å². The van der Waals surface area contributed by atoms with Gasteiger partial charge in [-0.2, -0.15) is 0 Å². The molecule has 148 valence electrons. The first-order valence-corrected chi connectivity index (χ1v) is 10.8. The highest BCUT2D eigenvalue weighted by atomic mass is 16.1. The van der Waals surface area contributed by atoms with E-state index in [0.29, 0.717) is 23.7 Å². The molecule has 4 aliphatic carbocycles. The summed E-state index contributed by atoms with van der Waals surface area (Å²) in [7, 11) is 0. The number of hydrogen-bond acceptors (Lipinski definition) is 3. The minimum atomic E-state index is 0.119. The lowest BCUT2D eigenvalue weighted by Crippen LogP contribution is -2.52. The normalized spacial score (nSPS) is 46.4. The Kier molecular flexibility index (Phi) is 4.96. The van der Waals surface area contributed by atoms with E-state index < -0.39 is 0 Å². The third-order valence-electron chi connectivity index (χ3n) is 9.15. The van der Waals surface area contributed by atoms with Crippen LogP contribution in [0.4, 0.5) is 0 Å². The molecule has 4 rings (SSSR count). The summed E-state index contributed by atoms with van der Waals surface area (Å²) >= 11 is 0. The highest BCUT2D eigenvalue weighted by Gasteiger charge is 2.60. The molecule has 0 N–H and O–H groups in total. The largest absolute Gasteiger partial charge is 0.234 e. The minimum absolute atomic E-state index is 0.119. The van der Waals surface area contributed by atoms with Crippen molar-refractivity contribution >= 4 is 17.8 Å². The fraction of sp³-hybridized carbons (Fsp3) is 0.680. The molecule has 0 aromatic rings. The standard InChI is InChI=1S/C25H30O3/c1-24-11-6-22-23(21(24)4-3-19(24)9-14-28)18(8-13-27)16-20-15-17(7-12-26)5-10-25(20,22)2/h7-9,16-19,21-23H,3-6,10-11,15H2,1-2H3/t17?,18?,19?,21-,22+,23-,24+,25-/m0/s1. The van der Waals surface area contributed by atoms with Crippen LogP contribution in [-0.2, 0) is 14.4 Å². The van der Waals surface area contributed by atoms with E-state index in [1.165, 1.54) is 5.57 Å². The molecule has 28 heavy (non-hydrogen) atoms. The Morgan fingerprint density at radius 3 is 2.36 bits per heavy atom. The maximum atomic E-state index is 11.4. The molecule has 0 heterocycles. The highest BCUT2D eigenvalue weighted by Crippen LogP contribution is 2.67. The predicted octanol–water partition coefficient (Wildman–Crippen LogP) is 4.57. The molecule has 0 saturated heterocycles. The van der Waals surface area contributed by atoms with Crippen molar-refractivity contribution in [3.8, 4) is 0 Å². The van der Waals surface area contributed by atoms with Crippen molar-refractivity contribution in [3.05, 3.63) is 29.9 Å². The minimum Gasteiger partial charge on any atom is -0.234 e. The van der Waals surface area contributed by atoms with Crippen molar-refractivity contribution in [1.82, 2.24) is 0 Å². The molecule has 0 aromatic carbocycles. The van der Waals surface area contributed by atoms with Gasteiger partial charge in [0, 0.05) is 24.1 Å². The first kappa shape index (κ1) is 19.4. The SMILES string of the molecule is C[C@]12CCC(C=C=O)CC1=CC(C=C=O)[C@@H]1[C@H]2CC[C@]2(C)C(C=C=O)CC[C@@H]12. The molecule has 0 radical (unpaired) electrons. The molecular formula is C25H30O3. The van der Waals surface area contributed by atoms with E-state index in [4.69, 9.17) is 0 Å². The van der Waals surface area contributed by atoms with Gasteiger partial charge < -0.3 is 0 Å². The zero-order valence-electron chi connectivity index (χ0n) is 16.9. The quantitative estimate of drug-likeness (QED) is 0.534. The third-order valence-corrected chi connectivity index (χ3v) is 9.15. The molecule has 0 spiro atoms. The summed E-state index contributed by atoms with van der Waals surface area (Å²) in [6.45, 7) is 4.77. The molecule has 0 bridgehead atoms. The van der Waals surface area contributed by atoms with Gasteiger partial charge in [-0.1, -0.05) is 25.5 Å². The molecule has 3 saturated carbocycles. The van der Waals surface area contributed by atoms with Crippen LogP contribution < -0.4 is 0 Å². The van der Waals surface area contributed by atoms with Gasteiger partial charge in [0.05, 0.1) is 0 Å². The lowest BCUT2D eigenvalue weighted by atomic mass is 9.45. The van der Waals surface area contributed by atoms with Gasteiger partial charge in [0.1, 0.15) is 17.8 Å². The van der Waals surface area contributed by atoms with Crippen LogP contribution >= 0.6 is 0 Å². The molecule has 0 aliphatic heterocycles. The average Bonchev–Trinajstić information content (AvgIpc) is 3.00. The topological polar surface area (TPSA) is 51.2 Å². The van der Waals surface area contributed by atoms with Crippen LogP contribution in [0.25, 0.3) is 0 Å². The van der Waals surface area contributed by atoms with Crippen molar-refractivity contribution in [2.45, 2.75) is 58.8 Å². The number of carbonyl (C=O) groups excluding carboxylic acids is 3. The number of hydrogen-bond donors (Lipinski definition) is 0. The number of fused-ring (bicyclic) bond motifs is 5. The van der Waals surface area contributed by atoms with Crippen LogP contribution in [-0.4, -0.2) is 17.8 Å². The van der Waals surface area contributed by atoms with E-state index in [1.807, 2.05) is 5.94 Å². The van der Waals surface area contributed by atoms with E-state index in [-0.39, 0.29) is 22.7 Å². The van der Waals surface area contributed by atoms with Gasteiger partial charge in [-0.05, 0) is 85.4 Å². The van der Waals surface area contributed by atoms with Gasteiger partial charge in [0.2, 0.25) is 0 Å². The fourth-order valence-corrected chi connectivity index (χ4v) is 7.64. The van der Waals surface area contributed by atoms with Crippen LogP contribution in [0.5, 0.6) is 0 Å². The van der Waals surface area contributed by atoms with E-state index in [2.05, 4.69) is 31.8 Å². The second-order valence-electron chi connectivity index (χ2n) is 10.1. The van der Waals surface area contributed by atoms with Gasteiger partial charge in [-0.3, -0.25) is 0 Å². The molecule has 3 nitrogen and oxygen atoms in total. The summed E-state index contributed by atoms with van der Waals surface area (Å²) in [6.07, 6.45) is 15.0. The van der Waals surface area contributed by atoms with Crippen molar-refractivity contribution in [1.29, 1.82) is 0 Å². The van der Waals surface area contributed by atoms with Crippen molar-refractivity contribution < 1.29 is 14.4 Å². The molecule has 3 fully saturated rings. The third kappa shape index (κ3) is 2.77. The second-order valence-corrected chi connectivity index (χ2v) is 10.1. The summed E-state index contributed by atoms with van der Waals surface area (Å²) < 4.78 is 0. The molecule has 4 aliphatic rings. The van der Waals surface area contributed by atoms with Crippen molar-refractivity contribution in [2.24, 2.45) is 46.3 Å². The van der Waals surface area contributed by atoms with Gasteiger partial charge in [0.15, 0.2) is 0 Å². The van der Waals surface area contributed by atoms with E-state index >= 15 is 0 Å². The van der Waals surface area contributed by atoms with E-state index in [9.17, 15) is 14.4 Å². The Morgan fingerprint density at radius 1 is 0.893 bits per heavy atom. The van der Waals surface area contributed by atoms with Gasteiger partial charge in [-0.15, -0.1) is 0 Å². The smallest absolute Gasteiger partial charge is 0.120 e. The molecule has 8 atom stereocenters. The highest BCUT2D eigenvalue weighted by molar-refractivity contribution is 5.49. The summed E-state index contributed by atoms with van der Waals surface area (Å²) in [5.41, 5.74) is 1.72. The number of allylic oxidation sites excluding steroid dienone is 5. The molecule has 0 aromatic heterocycles. The number of rotatable bonds is 3. The Balaban J connectivity index is 1.75. The van der Waals surface area contributed by atoms with Crippen LogP contribution in [0.1, 0.15) is 58.8 Å². The summed E-state index contributed by atoms with van der Waals surface area (Å²) in [6, 6.07) is 0. The van der Waals surface area contributed by atoms with Crippen molar-refractivity contribution in [2.75, 3.05) is 0 Å². The predicted molar refractivity (Wildman–Crippen MR) is 108 cm³/mol. The molecular weight excluding hydrogens is 348 g/mol. The molecule has 3 heteroatoms. The summed E-state index contributed by atoms with van der Waals surface area (Å²) in [4.78, 5) is 33.3. The van der Waals surface area contributed by atoms with Crippen LogP contribution in [0.2, 0.25) is 0 Å². The maximum Gasteiger partial charge on any atom is 0.120 e. The lowest BCUT2D eigenvalue weighted by molar-refractivity contribution is -0.0503. The monoisotopic (exact) mass is 378 g/mol. The van der Waals surface area contributed by atoms with E-state index in [1.54, 1.807) is 18.2 Å². The molecule has 3 unspecified atom stereocenters. The first-order valence-electron chi connectivity index (χ1n) is 10.8. The summed E-state index contributed by atoms with van der Waals surface area (Å²) in [5, 5.41) is 0. The van der Waals surface area contributed by atoms with Gasteiger partial charge >= 0.3 is 0 Å². The van der Waals surface area contributed by atoms with Crippen LogP contribution in [0, 0.1) is 46.3 Å². The first-order chi connectivity index (χ1) is 13.5. The summed E-state index contributed by atoms with van der Waals surface area (Å²) in [5.74, 6) is 8.35. The second kappa shape index (κ2) is 7.16. The fourth-order valence-electron chi connectivity index (χ4n) is 7.64. The molecule has 0 amide bonds.